The molecular weight excluding hydrogens is 461 g/mol. The molecular formula is C24H24FN3O5S. The summed E-state index contributed by atoms with van der Waals surface area (Å²) in [6.07, 6.45) is 4.73. The molecule has 10 heteroatoms. The Morgan fingerprint density at radius 1 is 1.06 bits per heavy atom. The number of hydrogen-bond donors (Lipinski definition) is 2. The van der Waals surface area contributed by atoms with Gasteiger partial charge in [-0.3, -0.25) is 24.0 Å². The number of nitrogens with one attached hydrogen (secondary N) is 2. The fourth-order valence-corrected chi connectivity index (χ4v) is 5.58. The molecule has 1 aliphatic heterocycles. The van der Waals surface area contributed by atoms with E-state index in [9.17, 15) is 27.2 Å². The maximum absolute atomic E-state index is 13.9. The maximum atomic E-state index is 13.9. The summed E-state index contributed by atoms with van der Waals surface area (Å²) in [6.45, 7) is 1.54. The van der Waals surface area contributed by atoms with Crippen molar-refractivity contribution in [3.8, 4) is 0 Å². The third-order valence-electron chi connectivity index (χ3n) is 6.04. The molecule has 0 spiro atoms. The Kier molecular flexibility index (Phi) is 6.52. The molecule has 0 aromatic heterocycles. The van der Waals surface area contributed by atoms with Gasteiger partial charge >= 0.3 is 0 Å². The average molecular weight is 486 g/mol. The zero-order chi connectivity index (χ0) is 24.5. The third kappa shape index (κ3) is 4.72. The number of benzene rings is 2. The number of rotatable bonds is 7. The minimum atomic E-state index is -4.12. The fraction of sp³-hybridized carbons (Fsp3) is 0.292. The van der Waals surface area contributed by atoms with Crippen LogP contribution < -0.4 is 10.0 Å². The van der Waals surface area contributed by atoms with Crippen molar-refractivity contribution in [2.75, 3.05) is 16.6 Å². The lowest BCUT2D eigenvalue weighted by Crippen LogP contribution is -2.34. The molecule has 0 radical (unpaired) electrons. The van der Waals surface area contributed by atoms with Crippen LogP contribution in [0.25, 0.3) is 0 Å². The number of hydrogen-bond acceptors (Lipinski definition) is 5. The summed E-state index contributed by atoms with van der Waals surface area (Å²) in [4.78, 5) is 38.6. The molecule has 4 rings (SSSR count). The highest BCUT2D eigenvalue weighted by Gasteiger charge is 2.46. The van der Waals surface area contributed by atoms with E-state index in [-0.39, 0.29) is 52.9 Å². The summed E-state index contributed by atoms with van der Waals surface area (Å²) in [7, 11) is -4.12. The van der Waals surface area contributed by atoms with E-state index >= 15 is 0 Å². The molecule has 0 bridgehead atoms. The van der Waals surface area contributed by atoms with Crippen LogP contribution in [0.2, 0.25) is 0 Å². The number of imide groups is 1. The fourth-order valence-electron chi connectivity index (χ4n) is 4.24. The number of allylic oxidation sites excluding steroid dienone is 2. The second kappa shape index (κ2) is 9.38. The van der Waals surface area contributed by atoms with Gasteiger partial charge in [-0.25, -0.2) is 12.8 Å². The monoisotopic (exact) mass is 485 g/mol. The van der Waals surface area contributed by atoms with E-state index < -0.39 is 21.7 Å². The van der Waals surface area contributed by atoms with Crippen molar-refractivity contribution < 1.29 is 27.2 Å². The molecule has 2 aliphatic rings. The van der Waals surface area contributed by atoms with Crippen LogP contribution in [0.5, 0.6) is 0 Å². The van der Waals surface area contributed by atoms with Gasteiger partial charge in [0.1, 0.15) is 5.82 Å². The summed E-state index contributed by atoms with van der Waals surface area (Å²) in [5, 5.41) is 2.61. The molecule has 2 N–H and O–H groups in total. The van der Waals surface area contributed by atoms with Crippen LogP contribution in [0.4, 0.5) is 15.8 Å². The maximum Gasteiger partial charge on any atom is 0.262 e. The zero-order valence-electron chi connectivity index (χ0n) is 18.5. The van der Waals surface area contributed by atoms with Crippen molar-refractivity contribution in [1.29, 1.82) is 0 Å². The van der Waals surface area contributed by atoms with Gasteiger partial charge in [-0.05, 0) is 49.6 Å². The average Bonchev–Trinajstić information content (AvgIpc) is 3.05. The van der Waals surface area contributed by atoms with Crippen molar-refractivity contribution in [3.05, 3.63) is 66.0 Å². The van der Waals surface area contributed by atoms with Crippen molar-refractivity contribution in [3.63, 3.8) is 0 Å². The molecule has 2 aromatic rings. The van der Waals surface area contributed by atoms with Crippen LogP contribution >= 0.6 is 0 Å². The summed E-state index contributed by atoms with van der Waals surface area (Å²) in [5.41, 5.74) is 0.444. The summed E-state index contributed by atoms with van der Waals surface area (Å²) in [6, 6.07) is 9.75. The smallest absolute Gasteiger partial charge is 0.262 e. The molecule has 8 nitrogen and oxygen atoms in total. The highest BCUT2D eigenvalue weighted by Crippen LogP contribution is 2.35. The lowest BCUT2D eigenvalue weighted by atomic mass is 9.85. The number of likely N-dealkylation sites (tertiary alicyclic amines) is 1. The van der Waals surface area contributed by atoms with Gasteiger partial charge in [0, 0.05) is 18.7 Å². The van der Waals surface area contributed by atoms with Gasteiger partial charge < -0.3 is 5.32 Å². The second-order valence-electron chi connectivity index (χ2n) is 8.35. The number of aryl methyl sites for hydroxylation is 1. The standard InChI is InChI=1S/C24H24FN3O5S/c1-15-10-11-16(14-21(15)34(32,33)27-20-9-5-4-8-19(20)25)26-22(29)12-13-28-23(30)17-6-2-3-7-18(17)24(28)31/h2-5,8-11,14,17-18,27H,6-7,12-13H2,1H3,(H,26,29)/t17-,18-/m1/s1. The predicted molar refractivity (Wildman–Crippen MR) is 124 cm³/mol. The minimum absolute atomic E-state index is 0.0393. The Hall–Kier alpha value is -3.53. The van der Waals surface area contributed by atoms with Gasteiger partial charge in [0.2, 0.25) is 17.7 Å². The van der Waals surface area contributed by atoms with Crippen molar-refractivity contribution >= 4 is 39.1 Å². The Labute approximate surface area is 196 Å². The van der Waals surface area contributed by atoms with Crippen molar-refractivity contribution in [2.24, 2.45) is 11.8 Å². The number of fused-ring (bicyclic) bond motifs is 1. The number of anilines is 2. The number of carbonyl (C=O) groups excluding carboxylic acids is 3. The molecule has 34 heavy (non-hydrogen) atoms. The molecule has 1 saturated heterocycles. The topological polar surface area (TPSA) is 113 Å². The quantitative estimate of drug-likeness (QED) is 0.462. The normalized spacial score (nSPS) is 19.8. The van der Waals surface area contributed by atoms with Crippen molar-refractivity contribution in [1.82, 2.24) is 4.90 Å². The van der Waals surface area contributed by atoms with Gasteiger partial charge in [0.05, 0.1) is 22.4 Å². The molecule has 178 valence electrons. The number of sulfonamides is 1. The molecule has 3 amide bonds. The first-order chi connectivity index (χ1) is 16.2. The SMILES string of the molecule is Cc1ccc(NC(=O)CCN2C(=O)[C@@H]3CC=CC[C@H]3C2=O)cc1S(=O)(=O)Nc1ccccc1F. The first-order valence-electron chi connectivity index (χ1n) is 10.9. The zero-order valence-corrected chi connectivity index (χ0v) is 19.3. The van der Waals surface area contributed by atoms with Gasteiger partial charge in [0.25, 0.3) is 10.0 Å². The Balaban J connectivity index is 1.42. The van der Waals surface area contributed by atoms with Crippen LogP contribution in [-0.4, -0.2) is 37.6 Å². The lowest BCUT2D eigenvalue weighted by Gasteiger charge is -2.15. The van der Waals surface area contributed by atoms with Crippen LogP contribution in [0.3, 0.4) is 0 Å². The molecule has 2 aromatic carbocycles. The number of halogens is 1. The van der Waals surface area contributed by atoms with Crippen LogP contribution in [0.15, 0.2) is 59.5 Å². The number of amides is 3. The summed E-state index contributed by atoms with van der Waals surface area (Å²) < 4.78 is 41.8. The van der Waals surface area contributed by atoms with Gasteiger partial charge in [-0.2, -0.15) is 0 Å². The van der Waals surface area contributed by atoms with E-state index in [1.807, 2.05) is 12.2 Å². The first-order valence-corrected chi connectivity index (χ1v) is 12.3. The molecule has 0 unspecified atom stereocenters. The predicted octanol–water partition coefficient (Wildman–Crippen LogP) is 3.21. The Morgan fingerprint density at radius 3 is 2.35 bits per heavy atom. The van der Waals surface area contributed by atoms with Gasteiger partial charge in [-0.1, -0.05) is 30.4 Å². The summed E-state index contributed by atoms with van der Waals surface area (Å²) >= 11 is 0. The Morgan fingerprint density at radius 2 is 1.71 bits per heavy atom. The lowest BCUT2D eigenvalue weighted by molar-refractivity contribution is -0.140. The van der Waals surface area contributed by atoms with E-state index in [1.165, 1.54) is 30.3 Å². The van der Waals surface area contributed by atoms with E-state index in [0.717, 1.165) is 11.0 Å². The van der Waals surface area contributed by atoms with Gasteiger partial charge in [-0.15, -0.1) is 0 Å². The number of para-hydroxylation sites is 1. The van der Waals surface area contributed by atoms with E-state index in [4.69, 9.17) is 0 Å². The van der Waals surface area contributed by atoms with Gasteiger partial charge in [0.15, 0.2) is 0 Å². The minimum Gasteiger partial charge on any atom is -0.326 e. The molecule has 1 fully saturated rings. The van der Waals surface area contributed by atoms with Crippen molar-refractivity contribution in [2.45, 2.75) is 31.1 Å². The van der Waals surface area contributed by atoms with Crippen LogP contribution in [-0.2, 0) is 24.4 Å². The Bertz CT molecular complexity index is 1270. The first kappa shape index (κ1) is 23.6. The van der Waals surface area contributed by atoms with Crippen LogP contribution in [0, 0.1) is 24.6 Å². The van der Waals surface area contributed by atoms with E-state index in [2.05, 4.69) is 10.0 Å². The second-order valence-corrected chi connectivity index (χ2v) is 10.00. The molecule has 1 aliphatic carbocycles. The highest BCUT2D eigenvalue weighted by molar-refractivity contribution is 7.92. The summed E-state index contributed by atoms with van der Waals surface area (Å²) in [5.74, 6) is -2.40. The number of carbonyl (C=O) groups is 3. The largest absolute Gasteiger partial charge is 0.326 e. The van der Waals surface area contributed by atoms with E-state index in [0.29, 0.717) is 18.4 Å². The van der Waals surface area contributed by atoms with Crippen LogP contribution in [0.1, 0.15) is 24.8 Å². The van der Waals surface area contributed by atoms with E-state index in [1.54, 1.807) is 13.0 Å². The molecule has 0 saturated carbocycles. The highest BCUT2D eigenvalue weighted by atomic mass is 32.2. The third-order valence-corrected chi connectivity index (χ3v) is 7.55. The molecule has 2 atom stereocenters. The number of nitrogens with zero attached hydrogens (tertiary/aromatic N) is 1. The molecule has 1 heterocycles.